The largest absolute Gasteiger partial charge is 0.516 e. The predicted octanol–water partition coefficient (Wildman–Crippen LogP) is 3.32. The van der Waals surface area contributed by atoms with Gasteiger partial charge in [0.05, 0.1) is 18.2 Å². The zero-order valence-corrected chi connectivity index (χ0v) is 15.4. The molecule has 2 aromatic rings. The van der Waals surface area contributed by atoms with E-state index in [1.807, 2.05) is 25.3 Å². The van der Waals surface area contributed by atoms with Crippen LogP contribution in [0.5, 0.6) is 5.75 Å². The molecule has 7 nitrogen and oxygen atoms in total. The second-order valence-corrected chi connectivity index (χ2v) is 6.55. The third-order valence-corrected chi connectivity index (χ3v) is 4.68. The molecule has 0 bridgehead atoms. The SMILES string of the molecule is C\C=N/C(=C\C=C\O)n1cc(CN2CCC(c3cccc(O)c3)CC2)nn1. The van der Waals surface area contributed by atoms with Crippen molar-refractivity contribution in [1.82, 2.24) is 19.9 Å². The number of aliphatic hydroxyl groups excluding tert-OH is 1. The van der Waals surface area contributed by atoms with Crippen LogP contribution in [0.1, 0.15) is 36.9 Å². The number of aliphatic imine (C=N–C) groups is 1. The number of aliphatic hydroxyl groups is 1. The maximum Gasteiger partial charge on any atom is 0.154 e. The summed E-state index contributed by atoms with van der Waals surface area (Å²) in [7, 11) is 0. The number of phenols is 1. The number of aromatic hydroxyl groups is 1. The molecule has 142 valence electrons. The molecule has 0 radical (unpaired) electrons. The van der Waals surface area contributed by atoms with Crippen LogP contribution in [0.25, 0.3) is 5.82 Å². The highest BCUT2D eigenvalue weighted by molar-refractivity contribution is 5.63. The zero-order valence-electron chi connectivity index (χ0n) is 15.4. The van der Waals surface area contributed by atoms with Gasteiger partial charge in [-0.2, -0.15) is 0 Å². The first kappa shape index (κ1) is 18.8. The first-order valence-electron chi connectivity index (χ1n) is 9.12. The van der Waals surface area contributed by atoms with E-state index < -0.39 is 0 Å². The predicted molar refractivity (Wildman–Crippen MR) is 106 cm³/mol. The lowest BCUT2D eigenvalue weighted by Gasteiger charge is -2.31. The summed E-state index contributed by atoms with van der Waals surface area (Å²) in [6.45, 7) is 4.53. The number of piperidine rings is 1. The zero-order chi connectivity index (χ0) is 19.1. The first-order valence-corrected chi connectivity index (χ1v) is 9.12. The molecule has 0 atom stereocenters. The normalized spacial score (nSPS) is 17.3. The van der Waals surface area contributed by atoms with Crippen molar-refractivity contribution in [3.63, 3.8) is 0 Å². The molecule has 2 heterocycles. The van der Waals surface area contributed by atoms with E-state index >= 15 is 0 Å². The van der Waals surface area contributed by atoms with Crippen LogP contribution in [0.15, 0.2) is 53.9 Å². The molecule has 0 aliphatic carbocycles. The minimum atomic E-state index is 0.334. The molecule has 1 fully saturated rings. The lowest BCUT2D eigenvalue weighted by molar-refractivity contribution is 0.202. The summed E-state index contributed by atoms with van der Waals surface area (Å²) in [5.74, 6) is 1.41. The molecule has 27 heavy (non-hydrogen) atoms. The fourth-order valence-corrected chi connectivity index (χ4v) is 3.35. The Morgan fingerprint density at radius 2 is 2.15 bits per heavy atom. The lowest BCUT2D eigenvalue weighted by atomic mass is 9.89. The molecule has 0 amide bonds. The number of nitrogens with zero attached hydrogens (tertiary/aromatic N) is 5. The van der Waals surface area contributed by atoms with Gasteiger partial charge in [-0.3, -0.25) is 4.90 Å². The number of rotatable bonds is 6. The summed E-state index contributed by atoms with van der Waals surface area (Å²) in [6, 6.07) is 7.58. The highest BCUT2D eigenvalue weighted by Crippen LogP contribution is 2.30. The van der Waals surface area contributed by atoms with Crippen LogP contribution in [0.2, 0.25) is 0 Å². The summed E-state index contributed by atoms with van der Waals surface area (Å²) >= 11 is 0. The van der Waals surface area contributed by atoms with Gasteiger partial charge in [0.2, 0.25) is 0 Å². The Morgan fingerprint density at radius 3 is 2.85 bits per heavy atom. The second-order valence-electron chi connectivity index (χ2n) is 6.55. The van der Waals surface area contributed by atoms with Crippen LogP contribution in [-0.4, -0.2) is 49.4 Å². The van der Waals surface area contributed by atoms with Gasteiger partial charge < -0.3 is 10.2 Å². The van der Waals surface area contributed by atoms with Crippen molar-refractivity contribution in [2.75, 3.05) is 13.1 Å². The Labute approximate surface area is 159 Å². The average molecular weight is 367 g/mol. The standard InChI is InChI=1S/C20H25N5O2/c1-2-21-20(7-4-12-26)25-15-18(22-23-25)14-24-10-8-16(9-11-24)17-5-3-6-19(27)13-17/h2-7,12-13,15-16,26-27H,8-11,14H2,1H3/b12-4+,20-7+,21-2-. The smallest absolute Gasteiger partial charge is 0.154 e. The summed E-state index contributed by atoms with van der Waals surface area (Å²) in [5, 5.41) is 26.9. The first-order chi connectivity index (χ1) is 13.2. The molecule has 1 aromatic heterocycles. The van der Waals surface area contributed by atoms with Gasteiger partial charge in [-0.05, 0) is 68.6 Å². The summed E-state index contributed by atoms with van der Waals surface area (Å²) in [5.41, 5.74) is 2.10. The molecule has 0 spiro atoms. The van der Waals surface area contributed by atoms with Gasteiger partial charge in [-0.25, -0.2) is 9.67 Å². The molecule has 3 rings (SSSR count). The van der Waals surface area contributed by atoms with E-state index in [0.29, 0.717) is 17.5 Å². The molecule has 1 aromatic carbocycles. The molecule has 0 saturated carbocycles. The van der Waals surface area contributed by atoms with E-state index in [2.05, 4.69) is 26.3 Å². The van der Waals surface area contributed by atoms with E-state index in [1.165, 1.54) is 11.6 Å². The number of phenolic OH excluding ortho intramolecular Hbond substituents is 1. The van der Waals surface area contributed by atoms with Gasteiger partial charge in [0.15, 0.2) is 5.82 Å². The Morgan fingerprint density at radius 1 is 1.33 bits per heavy atom. The number of benzene rings is 1. The van der Waals surface area contributed by atoms with Crippen molar-refractivity contribution in [1.29, 1.82) is 0 Å². The number of likely N-dealkylation sites (tertiary alicyclic amines) is 1. The Balaban J connectivity index is 1.59. The summed E-state index contributed by atoms with van der Waals surface area (Å²) < 4.78 is 1.61. The van der Waals surface area contributed by atoms with Crippen LogP contribution >= 0.6 is 0 Å². The van der Waals surface area contributed by atoms with Gasteiger partial charge in [0.1, 0.15) is 5.75 Å². The minimum Gasteiger partial charge on any atom is -0.516 e. The van der Waals surface area contributed by atoms with Crippen molar-refractivity contribution in [3.05, 3.63) is 60.1 Å². The van der Waals surface area contributed by atoms with Gasteiger partial charge in [-0.1, -0.05) is 17.3 Å². The summed E-state index contributed by atoms with van der Waals surface area (Å²) in [6.07, 6.45) is 9.78. The lowest BCUT2D eigenvalue weighted by Crippen LogP contribution is -2.32. The number of aromatic nitrogens is 3. The highest BCUT2D eigenvalue weighted by Gasteiger charge is 2.21. The highest BCUT2D eigenvalue weighted by atomic mass is 16.3. The Hall–Kier alpha value is -2.93. The van der Waals surface area contributed by atoms with Crippen LogP contribution in [0, 0.1) is 0 Å². The van der Waals surface area contributed by atoms with Crippen LogP contribution in [-0.2, 0) is 6.54 Å². The summed E-state index contributed by atoms with van der Waals surface area (Å²) in [4.78, 5) is 6.61. The van der Waals surface area contributed by atoms with E-state index in [1.54, 1.807) is 23.0 Å². The van der Waals surface area contributed by atoms with Crippen LogP contribution in [0.3, 0.4) is 0 Å². The van der Waals surface area contributed by atoms with Gasteiger partial charge >= 0.3 is 0 Å². The number of hydrogen-bond acceptors (Lipinski definition) is 6. The fourth-order valence-electron chi connectivity index (χ4n) is 3.35. The van der Waals surface area contributed by atoms with E-state index in [0.717, 1.165) is 44.4 Å². The van der Waals surface area contributed by atoms with Crippen LogP contribution in [0.4, 0.5) is 0 Å². The maximum absolute atomic E-state index is 9.67. The maximum atomic E-state index is 9.67. The Kier molecular flexibility index (Phi) is 6.38. The van der Waals surface area contributed by atoms with E-state index in [4.69, 9.17) is 5.11 Å². The van der Waals surface area contributed by atoms with Crippen molar-refractivity contribution < 1.29 is 10.2 Å². The quantitative estimate of drug-likeness (QED) is 0.465. The molecule has 0 unspecified atom stereocenters. The Bertz CT molecular complexity index is 832. The molecular formula is C20H25N5O2. The molecule has 2 N–H and O–H groups in total. The average Bonchev–Trinajstić information content (AvgIpc) is 3.14. The molecule has 1 saturated heterocycles. The van der Waals surface area contributed by atoms with Crippen LogP contribution < -0.4 is 0 Å². The number of allylic oxidation sites excluding steroid dienone is 2. The molecule has 1 aliphatic heterocycles. The third-order valence-electron chi connectivity index (χ3n) is 4.68. The van der Waals surface area contributed by atoms with E-state index in [-0.39, 0.29) is 0 Å². The topological polar surface area (TPSA) is 86.8 Å². The van der Waals surface area contributed by atoms with E-state index in [9.17, 15) is 5.11 Å². The molecular weight excluding hydrogens is 342 g/mol. The molecule has 1 aliphatic rings. The van der Waals surface area contributed by atoms with Crippen molar-refractivity contribution in [2.24, 2.45) is 4.99 Å². The third kappa shape index (κ3) is 5.04. The van der Waals surface area contributed by atoms with Crippen molar-refractivity contribution in [3.8, 4) is 5.75 Å². The fraction of sp³-hybridized carbons (Fsp3) is 0.350. The van der Waals surface area contributed by atoms with Crippen molar-refractivity contribution in [2.45, 2.75) is 32.2 Å². The minimum absolute atomic E-state index is 0.334. The number of hydrogen-bond donors (Lipinski definition) is 2. The second kappa shape index (κ2) is 9.14. The van der Waals surface area contributed by atoms with Gasteiger partial charge in [-0.15, -0.1) is 5.10 Å². The monoisotopic (exact) mass is 367 g/mol. The van der Waals surface area contributed by atoms with Crippen molar-refractivity contribution >= 4 is 12.0 Å². The van der Waals surface area contributed by atoms with Gasteiger partial charge in [0, 0.05) is 12.8 Å². The molecule has 7 heteroatoms. The van der Waals surface area contributed by atoms with Gasteiger partial charge in [0.25, 0.3) is 0 Å².